The molecule has 0 aliphatic heterocycles. The highest BCUT2D eigenvalue weighted by atomic mass is 32.2. The van der Waals surface area contributed by atoms with Crippen molar-refractivity contribution in [2.24, 2.45) is 5.92 Å². The van der Waals surface area contributed by atoms with E-state index >= 15 is 0 Å². The van der Waals surface area contributed by atoms with E-state index < -0.39 is 21.6 Å². The van der Waals surface area contributed by atoms with E-state index in [-0.39, 0.29) is 39.7 Å². The van der Waals surface area contributed by atoms with Gasteiger partial charge in [-0.3, -0.25) is 0 Å². The average molecular weight is 479 g/mol. The Morgan fingerprint density at radius 1 is 0.970 bits per heavy atom. The van der Waals surface area contributed by atoms with E-state index in [2.05, 4.69) is 5.10 Å². The molecule has 4 N–H and O–H groups in total. The minimum atomic E-state index is -4.45. The Morgan fingerprint density at radius 2 is 1.67 bits per heavy atom. The van der Waals surface area contributed by atoms with Crippen LogP contribution in [0, 0.1) is 5.92 Å². The lowest BCUT2D eigenvalue weighted by Gasteiger charge is -2.27. The summed E-state index contributed by atoms with van der Waals surface area (Å²) in [7, 11) is -3.48. The summed E-state index contributed by atoms with van der Waals surface area (Å²) in [6, 6.07) is 13.0. The van der Waals surface area contributed by atoms with Gasteiger partial charge in [0.25, 0.3) is 0 Å². The lowest BCUT2D eigenvalue weighted by Crippen LogP contribution is -2.22. The maximum atomic E-state index is 13.1. The second-order valence-corrected chi connectivity index (χ2v) is 10.5. The number of anilines is 2. The van der Waals surface area contributed by atoms with Gasteiger partial charge in [-0.1, -0.05) is 18.2 Å². The SMILES string of the molecule is Nc1ccccc1S(=O)(=O)CC1CCC(c2cc(N)n(-c3cccc(C(F)(F)F)c3)n2)CC1. The predicted octanol–water partition coefficient (Wildman–Crippen LogP) is 4.80. The highest BCUT2D eigenvalue weighted by molar-refractivity contribution is 7.91. The molecule has 0 radical (unpaired) electrons. The van der Waals surface area contributed by atoms with E-state index in [4.69, 9.17) is 11.5 Å². The highest BCUT2D eigenvalue weighted by Crippen LogP contribution is 2.38. The molecule has 1 heterocycles. The van der Waals surface area contributed by atoms with Crippen LogP contribution in [0.15, 0.2) is 59.5 Å². The molecular formula is C23H25F3N4O2S. The first-order valence-corrected chi connectivity index (χ1v) is 12.3. The van der Waals surface area contributed by atoms with Crippen LogP contribution in [0.1, 0.15) is 42.9 Å². The molecule has 0 saturated heterocycles. The van der Waals surface area contributed by atoms with Gasteiger partial charge in [0.15, 0.2) is 9.84 Å². The maximum Gasteiger partial charge on any atom is 0.416 e. The molecule has 1 aliphatic carbocycles. The van der Waals surface area contributed by atoms with E-state index in [9.17, 15) is 21.6 Å². The second-order valence-electron chi connectivity index (χ2n) is 8.49. The first kappa shape index (κ1) is 23.2. The first-order valence-electron chi connectivity index (χ1n) is 10.6. The molecule has 1 fully saturated rings. The zero-order valence-corrected chi connectivity index (χ0v) is 18.6. The monoisotopic (exact) mass is 478 g/mol. The quantitative estimate of drug-likeness (QED) is 0.513. The van der Waals surface area contributed by atoms with E-state index in [1.54, 1.807) is 24.3 Å². The van der Waals surface area contributed by atoms with Gasteiger partial charge in [0.2, 0.25) is 0 Å². The average Bonchev–Trinajstić information content (AvgIpc) is 3.15. The minimum Gasteiger partial charge on any atom is -0.398 e. The fourth-order valence-corrected chi connectivity index (χ4v) is 6.27. The van der Waals surface area contributed by atoms with Crippen LogP contribution in [0.4, 0.5) is 24.7 Å². The highest BCUT2D eigenvalue weighted by Gasteiger charge is 2.32. The Bertz CT molecular complexity index is 1250. The summed E-state index contributed by atoms with van der Waals surface area (Å²) < 4.78 is 66.0. The summed E-state index contributed by atoms with van der Waals surface area (Å²) in [6.45, 7) is 0. The second kappa shape index (κ2) is 8.74. The predicted molar refractivity (Wildman–Crippen MR) is 121 cm³/mol. The number of benzene rings is 2. The molecule has 0 amide bonds. The Kier molecular flexibility index (Phi) is 6.13. The molecule has 176 valence electrons. The van der Waals surface area contributed by atoms with Crippen molar-refractivity contribution in [2.75, 3.05) is 17.2 Å². The number of halogens is 3. The Morgan fingerprint density at radius 3 is 2.33 bits per heavy atom. The van der Waals surface area contributed by atoms with Crippen LogP contribution in [0.5, 0.6) is 0 Å². The molecule has 0 atom stereocenters. The van der Waals surface area contributed by atoms with Crippen molar-refractivity contribution in [1.82, 2.24) is 9.78 Å². The number of aromatic nitrogens is 2. The largest absolute Gasteiger partial charge is 0.416 e. The van der Waals surface area contributed by atoms with Gasteiger partial charge in [0.05, 0.1) is 33.3 Å². The Balaban J connectivity index is 1.45. The van der Waals surface area contributed by atoms with Crippen molar-refractivity contribution in [1.29, 1.82) is 0 Å². The van der Waals surface area contributed by atoms with Gasteiger partial charge in [-0.2, -0.15) is 18.3 Å². The minimum absolute atomic E-state index is 0.00811. The topological polar surface area (TPSA) is 104 Å². The van der Waals surface area contributed by atoms with E-state index in [0.29, 0.717) is 18.5 Å². The third kappa shape index (κ3) is 5.00. The van der Waals surface area contributed by atoms with Crippen LogP contribution in [-0.2, 0) is 16.0 Å². The number of hydrogen-bond acceptors (Lipinski definition) is 5. The summed E-state index contributed by atoms with van der Waals surface area (Å²) in [6.07, 6.45) is -1.60. The van der Waals surface area contributed by atoms with Gasteiger partial charge in [-0.25, -0.2) is 13.1 Å². The number of hydrogen-bond donors (Lipinski definition) is 2. The molecule has 33 heavy (non-hydrogen) atoms. The Hall–Kier alpha value is -3.01. The molecule has 6 nitrogen and oxygen atoms in total. The molecule has 1 aromatic heterocycles. The third-order valence-electron chi connectivity index (χ3n) is 6.15. The molecule has 1 aliphatic rings. The molecule has 0 unspecified atom stereocenters. The number of nitrogens with two attached hydrogens (primary N) is 2. The van der Waals surface area contributed by atoms with Crippen molar-refractivity contribution >= 4 is 21.3 Å². The lowest BCUT2D eigenvalue weighted by molar-refractivity contribution is -0.137. The van der Waals surface area contributed by atoms with Crippen molar-refractivity contribution in [2.45, 2.75) is 42.7 Å². The van der Waals surface area contributed by atoms with Crippen molar-refractivity contribution in [3.63, 3.8) is 0 Å². The standard InChI is InChI=1S/C23H25F3N4O2S/c24-23(25,26)17-4-3-5-18(12-17)30-22(28)13-20(29-30)16-10-8-15(9-11-16)14-33(31,32)21-7-2-1-6-19(21)27/h1-7,12-13,15-16H,8-11,14,27-28H2. The summed E-state index contributed by atoms with van der Waals surface area (Å²) in [5.41, 5.74) is 12.3. The molecule has 3 aromatic rings. The van der Waals surface area contributed by atoms with E-state index in [0.717, 1.165) is 25.0 Å². The van der Waals surface area contributed by atoms with Crippen LogP contribution in [0.2, 0.25) is 0 Å². The van der Waals surface area contributed by atoms with E-state index in [1.807, 2.05) is 0 Å². The zero-order chi connectivity index (χ0) is 23.8. The summed E-state index contributed by atoms with van der Waals surface area (Å²) in [4.78, 5) is 0.166. The molecule has 2 aromatic carbocycles. The summed E-state index contributed by atoms with van der Waals surface area (Å²) in [5.74, 6) is 0.372. The molecule has 10 heteroatoms. The molecule has 0 spiro atoms. The summed E-state index contributed by atoms with van der Waals surface area (Å²) in [5, 5.41) is 4.48. The van der Waals surface area contributed by atoms with Crippen LogP contribution in [0.25, 0.3) is 5.69 Å². The molecule has 1 saturated carbocycles. The van der Waals surface area contributed by atoms with Crippen molar-refractivity contribution in [3.05, 3.63) is 65.9 Å². The van der Waals surface area contributed by atoms with Crippen LogP contribution >= 0.6 is 0 Å². The van der Waals surface area contributed by atoms with Gasteiger partial charge < -0.3 is 11.5 Å². The van der Waals surface area contributed by atoms with Gasteiger partial charge >= 0.3 is 6.18 Å². The van der Waals surface area contributed by atoms with Crippen LogP contribution in [0.3, 0.4) is 0 Å². The van der Waals surface area contributed by atoms with Crippen LogP contribution < -0.4 is 11.5 Å². The third-order valence-corrected chi connectivity index (χ3v) is 8.10. The van der Waals surface area contributed by atoms with Gasteiger partial charge in [-0.15, -0.1) is 0 Å². The van der Waals surface area contributed by atoms with Crippen molar-refractivity contribution < 1.29 is 21.6 Å². The molecule has 4 rings (SSSR count). The van der Waals surface area contributed by atoms with Gasteiger partial charge in [-0.05, 0) is 61.9 Å². The fraction of sp³-hybridized carbons (Fsp3) is 0.348. The van der Waals surface area contributed by atoms with Gasteiger partial charge in [0.1, 0.15) is 5.82 Å². The smallest absolute Gasteiger partial charge is 0.398 e. The fourth-order valence-electron chi connectivity index (χ4n) is 4.42. The zero-order valence-electron chi connectivity index (χ0n) is 17.8. The number of nitrogen functional groups attached to an aromatic ring is 2. The van der Waals surface area contributed by atoms with Crippen molar-refractivity contribution in [3.8, 4) is 5.69 Å². The summed E-state index contributed by atoms with van der Waals surface area (Å²) >= 11 is 0. The molecular weight excluding hydrogens is 453 g/mol. The van der Waals surface area contributed by atoms with Gasteiger partial charge in [0, 0.05) is 12.0 Å². The maximum absolute atomic E-state index is 13.1. The number of rotatable bonds is 5. The van der Waals surface area contributed by atoms with E-state index in [1.165, 1.54) is 22.9 Å². The first-order chi connectivity index (χ1) is 15.5. The number of para-hydroxylation sites is 1. The normalized spacial score (nSPS) is 19.5. The number of nitrogens with zero attached hydrogens (tertiary/aromatic N) is 2. The number of sulfone groups is 1. The molecule has 0 bridgehead atoms. The number of alkyl halides is 3. The van der Waals surface area contributed by atoms with Crippen LogP contribution in [-0.4, -0.2) is 24.0 Å². The lowest BCUT2D eigenvalue weighted by atomic mass is 9.81. The Labute approximate surface area is 190 Å².